The average Bonchev–Trinajstić information content (AvgIpc) is 3.29. The molecule has 1 aliphatic carbocycles. The summed E-state index contributed by atoms with van der Waals surface area (Å²) < 4.78 is 19.3. The fourth-order valence-electron chi connectivity index (χ4n) is 2.51. The van der Waals surface area contributed by atoms with Gasteiger partial charge in [-0.15, -0.1) is 0 Å². The molecule has 1 aliphatic rings. The Bertz CT molecular complexity index is 666. The van der Waals surface area contributed by atoms with Crippen molar-refractivity contribution < 1.29 is 13.9 Å². The topological polar surface area (TPSA) is 52.3 Å². The summed E-state index contributed by atoms with van der Waals surface area (Å²) in [7, 11) is 0. The lowest BCUT2D eigenvalue weighted by molar-refractivity contribution is -0.120. The zero-order valence-corrected chi connectivity index (χ0v) is 11.5. The molecule has 0 aliphatic heterocycles. The number of benzene rings is 2. The van der Waals surface area contributed by atoms with E-state index in [2.05, 4.69) is 0 Å². The van der Waals surface area contributed by atoms with Gasteiger partial charge in [-0.3, -0.25) is 4.79 Å². The number of halogens is 1. The predicted octanol–water partition coefficient (Wildman–Crippen LogP) is 2.92. The second kappa shape index (κ2) is 5.20. The van der Waals surface area contributed by atoms with Gasteiger partial charge in [0.2, 0.25) is 5.91 Å². The van der Waals surface area contributed by atoms with Crippen LogP contribution in [0.5, 0.6) is 5.75 Å². The van der Waals surface area contributed by atoms with E-state index in [-0.39, 0.29) is 5.82 Å². The summed E-state index contributed by atoms with van der Waals surface area (Å²) in [4.78, 5) is 11.7. The lowest BCUT2D eigenvalue weighted by Gasteiger charge is -2.17. The Morgan fingerprint density at radius 2 is 1.90 bits per heavy atom. The molecule has 0 bridgehead atoms. The number of carbonyl (C=O) groups excluding carboxylic acids is 1. The summed E-state index contributed by atoms with van der Waals surface area (Å²) in [5, 5.41) is 0. The quantitative estimate of drug-likeness (QED) is 0.918. The number of carbonyl (C=O) groups is 1. The van der Waals surface area contributed by atoms with E-state index >= 15 is 0 Å². The van der Waals surface area contributed by atoms with Gasteiger partial charge >= 0.3 is 0 Å². The molecule has 0 spiro atoms. The van der Waals surface area contributed by atoms with E-state index in [9.17, 15) is 9.18 Å². The van der Waals surface area contributed by atoms with E-state index in [1.165, 1.54) is 12.1 Å². The van der Waals surface area contributed by atoms with E-state index in [4.69, 9.17) is 10.5 Å². The first-order chi connectivity index (χ1) is 10.1. The van der Waals surface area contributed by atoms with Crippen molar-refractivity contribution in [2.45, 2.75) is 24.9 Å². The van der Waals surface area contributed by atoms with Crippen molar-refractivity contribution in [3.05, 3.63) is 65.5 Å². The van der Waals surface area contributed by atoms with Crippen LogP contribution in [0.25, 0.3) is 0 Å². The van der Waals surface area contributed by atoms with Crippen LogP contribution < -0.4 is 10.5 Å². The van der Waals surface area contributed by atoms with Gasteiger partial charge in [-0.25, -0.2) is 4.39 Å². The van der Waals surface area contributed by atoms with Crippen LogP contribution in [0.1, 0.15) is 24.0 Å². The normalized spacial score (nSPS) is 15.5. The van der Waals surface area contributed by atoms with Crippen LogP contribution in [-0.4, -0.2) is 5.91 Å². The smallest absolute Gasteiger partial charge is 0.228 e. The van der Waals surface area contributed by atoms with Crippen LogP contribution in [0.15, 0.2) is 48.5 Å². The Balaban J connectivity index is 1.87. The van der Waals surface area contributed by atoms with Crippen molar-refractivity contribution in [1.29, 1.82) is 0 Å². The van der Waals surface area contributed by atoms with Gasteiger partial charge in [0.05, 0.1) is 5.41 Å². The number of nitrogens with two attached hydrogens (primary N) is 1. The zero-order valence-electron chi connectivity index (χ0n) is 11.5. The van der Waals surface area contributed by atoms with Gasteiger partial charge in [0.25, 0.3) is 0 Å². The SMILES string of the molecule is NC(=O)C1(c2cc(F)ccc2OCc2ccccc2)CC1. The minimum Gasteiger partial charge on any atom is -0.489 e. The molecule has 3 rings (SSSR count). The Labute approximate surface area is 122 Å². The minimum absolute atomic E-state index is 0.369. The lowest BCUT2D eigenvalue weighted by atomic mass is 9.94. The summed E-state index contributed by atoms with van der Waals surface area (Å²) in [6.07, 6.45) is 1.29. The molecule has 3 nitrogen and oxygen atoms in total. The monoisotopic (exact) mass is 285 g/mol. The summed E-state index contributed by atoms with van der Waals surface area (Å²) >= 11 is 0. The van der Waals surface area contributed by atoms with Gasteiger partial charge in [-0.2, -0.15) is 0 Å². The lowest BCUT2D eigenvalue weighted by Crippen LogP contribution is -2.29. The van der Waals surface area contributed by atoms with E-state index in [0.717, 1.165) is 5.56 Å². The van der Waals surface area contributed by atoms with Crippen molar-refractivity contribution in [2.75, 3.05) is 0 Å². The maximum atomic E-state index is 13.5. The molecular formula is C17H16FNO2. The van der Waals surface area contributed by atoms with Crippen LogP contribution in [0.2, 0.25) is 0 Å². The van der Waals surface area contributed by atoms with Gasteiger partial charge in [-0.05, 0) is 36.6 Å². The van der Waals surface area contributed by atoms with Crippen molar-refractivity contribution in [2.24, 2.45) is 5.73 Å². The number of hydrogen-bond acceptors (Lipinski definition) is 2. The largest absolute Gasteiger partial charge is 0.489 e. The number of amides is 1. The third-order valence-corrected chi connectivity index (χ3v) is 3.92. The molecule has 0 atom stereocenters. The standard InChI is InChI=1S/C17H16FNO2/c18-13-6-7-15(21-11-12-4-2-1-3-5-12)14(10-13)17(8-9-17)16(19)20/h1-7,10H,8-9,11H2,(H2,19,20). The maximum Gasteiger partial charge on any atom is 0.228 e. The molecule has 0 unspecified atom stereocenters. The van der Waals surface area contributed by atoms with Gasteiger partial charge in [0, 0.05) is 5.56 Å². The van der Waals surface area contributed by atoms with Crippen LogP contribution >= 0.6 is 0 Å². The summed E-state index contributed by atoms with van der Waals surface area (Å²) in [6, 6.07) is 13.9. The third kappa shape index (κ3) is 2.61. The molecule has 0 saturated heterocycles. The fraction of sp³-hybridized carbons (Fsp3) is 0.235. The zero-order chi connectivity index (χ0) is 14.9. The average molecular weight is 285 g/mol. The van der Waals surface area contributed by atoms with Crippen LogP contribution in [-0.2, 0) is 16.8 Å². The van der Waals surface area contributed by atoms with E-state index < -0.39 is 11.3 Å². The first kappa shape index (κ1) is 13.6. The Kier molecular flexibility index (Phi) is 3.37. The number of primary amides is 1. The summed E-state index contributed by atoms with van der Waals surface area (Å²) in [6.45, 7) is 0.369. The van der Waals surface area contributed by atoms with Crippen LogP contribution in [0.3, 0.4) is 0 Å². The van der Waals surface area contributed by atoms with Gasteiger partial charge in [0.1, 0.15) is 18.2 Å². The number of hydrogen-bond donors (Lipinski definition) is 1. The molecule has 2 aromatic rings. The number of ether oxygens (including phenoxy) is 1. The maximum absolute atomic E-state index is 13.5. The fourth-order valence-corrected chi connectivity index (χ4v) is 2.51. The Morgan fingerprint density at radius 3 is 2.52 bits per heavy atom. The first-order valence-corrected chi connectivity index (χ1v) is 6.88. The highest BCUT2D eigenvalue weighted by molar-refractivity contribution is 5.90. The molecule has 4 heteroatoms. The Hall–Kier alpha value is -2.36. The molecule has 108 valence electrons. The molecule has 0 aromatic heterocycles. The summed E-state index contributed by atoms with van der Waals surface area (Å²) in [5.74, 6) is -0.279. The van der Waals surface area contributed by atoms with Gasteiger partial charge in [0.15, 0.2) is 0 Å². The predicted molar refractivity (Wildman–Crippen MR) is 77.3 cm³/mol. The van der Waals surface area contributed by atoms with Crippen LogP contribution in [0, 0.1) is 5.82 Å². The molecule has 1 amide bonds. The summed E-state index contributed by atoms with van der Waals surface area (Å²) in [5.41, 5.74) is 6.29. The molecule has 1 fully saturated rings. The molecule has 0 heterocycles. The highest BCUT2D eigenvalue weighted by atomic mass is 19.1. The molecule has 2 aromatic carbocycles. The minimum atomic E-state index is -0.756. The van der Waals surface area contributed by atoms with Crippen molar-refractivity contribution in [3.63, 3.8) is 0 Å². The number of rotatable bonds is 5. The molecular weight excluding hydrogens is 269 g/mol. The molecule has 21 heavy (non-hydrogen) atoms. The first-order valence-electron chi connectivity index (χ1n) is 6.88. The van der Waals surface area contributed by atoms with Crippen molar-refractivity contribution >= 4 is 5.91 Å². The highest BCUT2D eigenvalue weighted by Gasteiger charge is 2.51. The van der Waals surface area contributed by atoms with Crippen LogP contribution in [0.4, 0.5) is 4.39 Å². The highest BCUT2D eigenvalue weighted by Crippen LogP contribution is 2.51. The second-order valence-electron chi connectivity index (χ2n) is 5.36. The molecule has 1 saturated carbocycles. The molecule has 2 N–H and O–H groups in total. The van der Waals surface area contributed by atoms with Gasteiger partial charge in [-0.1, -0.05) is 30.3 Å². The van der Waals surface area contributed by atoms with Gasteiger partial charge < -0.3 is 10.5 Å². The van der Waals surface area contributed by atoms with E-state index in [0.29, 0.717) is 30.8 Å². The Morgan fingerprint density at radius 1 is 1.19 bits per heavy atom. The third-order valence-electron chi connectivity index (χ3n) is 3.92. The second-order valence-corrected chi connectivity index (χ2v) is 5.36. The van der Waals surface area contributed by atoms with Crippen molar-refractivity contribution in [1.82, 2.24) is 0 Å². The molecule has 0 radical (unpaired) electrons. The van der Waals surface area contributed by atoms with E-state index in [1.807, 2.05) is 30.3 Å². The van der Waals surface area contributed by atoms with E-state index in [1.54, 1.807) is 6.07 Å². The van der Waals surface area contributed by atoms with Crippen molar-refractivity contribution in [3.8, 4) is 5.75 Å².